The molecule has 29 heavy (non-hydrogen) atoms. The highest BCUT2D eigenvalue weighted by Gasteiger charge is 2.33. The number of aliphatic imine (C=N–C) groups is 1. The summed E-state index contributed by atoms with van der Waals surface area (Å²) in [7, 11) is 0. The molecule has 1 aromatic carbocycles. The molecule has 160 valence electrons. The summed E-state index contributed by atoms with van der Waals surface area (Å²) < 4.78 is 49.1. The number of nitrogens with zero attached hydrogens (tertiary/aromatic N) is 2. The molecule has 0 amide bonds. The second kappa shape index (κ2) is 10.9. The SMILES string of the molecule is CCNC(=NCCc1nc(C(F)(F)F)cs1)Nc1ccc2c(c1)OCCCO2.I. The van der Waals surface area contributed by atoms with Crippen LogP contribution in [0, 0.1) is 0 Å². The minimum atomic E-state index is -4.41. The van der Waals surface area contributed by atoms with E-state index >= 15 is 0 Å². The van der Waals surface area contributed by atoms with Crippen LogP contribution >= 0.6 is 35.3 Å². The van der Waals surface area contributed by atoms with Crippen molar-refractivity contribution in [3.8, 4) is 11.5 Å². The third-order valence-electron chi connectivity index (χ3n) is 3.79. The molecule has 0 saturated heterocycles. The second-order valence-electron chi connectivity index (χ2n) is 5.97. The van der Waals surface area contributed by atoms with Crippen molar-refractivity contribution in [2.45, 2.75) is 25.9 Å². The van der Waals surface area contributed by atoms with Crippen molar-refractivity contribution in [1.82, 2.24) is 10.3 Å². The molecule has 1 aliphatic rings. The van der Waals surface area contributed by atoms with Gasteiger partial charge in [0.1, 0.15) is 0 Å². The normalized spacial score (nSPS) is 14.0. The Labute approximate surface area is 187 Å². The number of hydrogen-bond donors (Lipinski definition) is 2. The molecule has 0 unspecified atom stereocenters. The van der Waals surface area contributed by atoms with E-state index < -0.39 is 11.9 Å². The summed E-state index contributed by atoms with van der Waals surface area (Å²) in [6.07, 6.45) is -3.25. The molecule has 0 atom stereocenters. The van der Waals surface area contributed by atoms with Gasteiger partial charge in [0.2, 0.25) is 0 Å². The van der Waals surface area contributed by atoms with Gasteiger partial charge < -0.3 is 20.1 Å². The maximum atomic E-state index is 12.6. The lowest BCUT2D eigenvalue weighted by Crippen LogP contribution is -2.30. The first-order valence-electron chi connectivity index (χ1n) is 8.92. The van der Waals surface area contributed by atoms with E-state index in [2.05, 4.69) is 20.6 Å². The predicted molar refractivity (Wildman–Crippen MR) is 118 cm³/mol. The van der Waals surface area contributed by atoms with E-state index in [-0.39, 0.29) is 24.0 Å². The zero-order valence-corrected chi connectivity index (χ0v) is 18.9. The number of fused-ring (bicyclic) bond motifs is 1. The minimum Gasteiger partial charge on any atom is -0.490 e. The van der Waals surface area contributed by atoms with Crippen LogP contribution in [0.15, 0.2) is 28.6 Å². The lowest BCUT2D eigenvalue weighted by molar-refractivity contribution is -0.140. The molecule has 1 aromatic heterocycles. The fourth-order valence-electron chi connectivity index (χ4n) is 2.50. The van der Waals surface area contributed by atoms with Crippen molar-refractivity contribution in [2.75, 3.05) is 31.6 Å². The quantitative estimate of drug-likeness (QED) is 0.330. The van der Waals surface area contributed by atoms with Gasteiger partial charge in [0.05, 0.1) is 18.2 Å². The maximum Gasteiger partial charge on any atom is 0.434 e. The molecule has 3 rings (SSSR count). The van der Waals surface area contributed by atoms with Crippen molar-refractivity contribution in [2.24, 2.45) is 4.99 Å². The van der Waals surface area contributed by atoms with Gasteiger partial charge in [0.15, 0.2) is 23.2 Å². The van der Waals surface area contributed by atoms with Gasteiger partial charge in [-0.25, -0.2) is 4.98 Å². The smallest absolute Gasteiger partial charge is 0.434 e. The fourth-order valence-corrected chi connectivity index (χ4v) is 3.30. The number of rotatable bonds is 5. The zero-order valence-electron chi connectivity index (χ0n) is 15.7. The largest absolute Gasteiger partial charge is 0.490 e. The van der Waals surface area contributed by atoms with Gasteiger partial charge in [0, 0.05) is 43.1 Å². The van der Waals surface area contributed by atoms with Crippen molar-refractivity contribution in [1.29, 1.82) is 0 Å². The van der Waals surface area contributed by atoms with E-state index in [1.807, 2.05) is 25.1 Å². The number of halogens is 4. The number of benzene rings is 1. The standard InChI is InChI=1S/C18H21F3N4O2S.HI/c1-2-22-17(23-7-6-16-25-15(11-28-16)18(19,20)21)24-12-4-5-13-14(10-12)27-9-3-8-26-13;/h4-5,10-11H,2-3,6-9H2,1H3,(H2,22,23,24);1H. The molecule has 6 nitrogen and oxygen atoms in total. The number of aromatic nitrogens is 1. The molecular formula is C18H22F3IN4O2S. The van der Waals surface area contributed by atoms with Crippen LogP contribution < -0.4 is 20.1 Å². The third-order valence-corrected chi connectivity index (χ3v) is 4.70. The first kappa shape index (κ1) is 23.5. The van der Waals surface area contributed by atoms with E-state index in [0.29, 0.717) is 55.2 Å². The van der Waals surface area contributed by atoms with Crippen LogP contribution in [0.4, 0.5) is 18.9 Å². The Morgan fingerprint density at radius 2 is 2.00 bits per heavy atom. The molecule has 2 N–H and O–H groups in total. The molecule has 2 aromatic rings. The maximum absolute atomic E-state index is 12.6. The summed E-state index contributed by atoms with van der Waals surface area (Å²) in [6, 6.07) is 5.53. The Bertz CT molecular complexity index is 830. The van der Waals surface area contributed by atoms with E-state index in [0.717, 1.165) is 28.8 Å². The lowest BCUT2D eigenvalue weighted by atomic mass is 10.3. The molecule has 0 bridgehead atoms. The molecule has 0 saturated carbocycles. The number of alkyl halides is 3. The van der Waals surface area contributed by atoms with Crippen molar-refractivity contribution in [3.63, 3.8) is 0 Å². The van der Waals surface area contributed by atoms with Crippen molar-refractivity contribution in [3.05, 3.63) is 34.3 Å². The van der Waals surface area contributed by atoms with E-state index in [1.165, 1.54) is 0 Å². The van der Waals surface area contributed by atoms with Crippen LogP contribution in [0.25, 0.3) is 0 Å². The molecule has 0 fully saturated rings. The Balaban J connectivity index is 0.00000300. The Morgan fingerprint density at radius 3 is 2.69 bits per heavy atom. The number of thiazole rings is 1. The van der Waals surface area contributed by atoms with Crippen LogP contribution in [0.2, 0.25) is 0 Å². The predicted octanol–water partition coefficient (Wildman–Crippen LogP) is 4.56. The zero-order chi connectivity index (χ0) is 20.0. The Kier molecular flexibility index (Phi) is 8.80. The fraction of sp³-hybridized carbons (Fsp3) is 0.444. The Hall–Kier alpha value is -1.76. The van der Waals surface area contributed by atoms with Crippen LogP contribution in [-0.4, -0.2) is 37.2 Å². The molecular weight excluding hydrogens is 520 g/mol. The number of anilines is 1. The molecule has 2 heterocycles. The molecule has 0 spiro atoms. The minimum absolute atomic E-state index is 0. The summed E-state index contributed by atoms with van der Waals surface area (Å²) in [6.45, 7) is 4.10. The van der Waals surface area contributed by atoms with Crippen molar-refractivity contribution < 1.29 is 22.6 Å². The summed E-state index contributed by atoms with van der Waals surface area (Å²) in [5, 5.41) is 7.71. The first-order chi connectivity index (χ1) is 13.5. The Morgan fingerprint density at radius 1 is 1.24 bits per heavy atom. The molecule has 1 aliphatic heterocycles. The monoisotopic (exact) mass is 542 g/mol. The van der Waals surface area contributed by atoms with Gasteiger partial charge >= 0.3 is 6.18 Å². The van der Waals surface area contributed by atoms with E-state index in [9.17, 15) is 13.2 Å². The van der Waals surface area contributed by atoms with Crippen LogP contribution in [0.5, 0.6) is 11.5 Å². The summed E-state index contributed by atoms with van der Waals surface area (Å²) in [5.41, 5.74) is -0.0775. The number of guanidine groups is 1. The average Bonchev–Trinajstić information content (AvgIpc) is 3.01. The average molecular weight is 542 g/mol. The van der Waals surface area contributed by atoms with Crippen LogP contribution in [-0.2, 0) is 12.6 Å². The van der Waals surface area contributed by atoms with Gasteiger partial charge in [-0.3, -0.25) is 4.99 Å². The van der Waals surface area contributed by atoms with Gasteiger partial charge in [0.25, 0.3) is 0 Å². The van der Waals surface area contributed by atoms with Gasteiger partial charge in [-0.05, 0) is 19.1 Å². The molecule has 0 radical (unpaired) electrons. The van der Waals surface area contributed by atoms with Crippen LogP contribution in [0.3, 0.4) is 0 Å². The van der Waals surface area contributed by atoms with E-state index in [1.54, 1.807) is 0 Å². The highest BCUT2D eigenvalue weighted by atomic mass is 127. The van der Waals surface area contributed by atoms with Gasteiger partial charge in [-0.1, -0.05) is 0 Å². The number of nitrogens with one attached hydrogen (secondary N) is 2. The van der Waals surface area contributed by atoms with Gasteiger partial charge in [-0.2, -0.15) is 13.2 Å². The highest BCUT2D eigenvalue weighted by Crippen LogP contribution is 2.32. The molecule has 11 heteroatoms. The van der Waals surface area contributed by atoms with Crippen LogP contribution in [0.1, 0.15) is 24.0 Å². The number of hydrogen-bond acceptors (Lipinski definition) is 5. The molecule has 0 aliphatic carbocycles. The van der Waals surface area contributed by atoms with E-state index in [4.69, 9.17) is 9.47 Å². The first-order valence-corrected chi connectivity index (χ1v) is 9.80. The topological polar surface area (TPSA) is 67.8 Å². The number of ether oxygens (including phenoxy) is 2. The second-order valence-corrected chi connectivity index (χ2v) is 6.91. The summed E-state index contributed by atoms with van der Waals surface area (Å²) in [4.78, 5) is 8.03. The third kappa shape index (κ3) is 6.91. The van der Waals surface area contributed by atoms with Gasteiger partial charge in [-0.15, -0.1) is 35.3 Å². The van der Waals surface area contributed by atoms with Crippen molar-refractivity contribution >= 4 is 47.0 Å². The highest BCUT2D eigenvalue weighted by molar-refractivity contribution is 14.0. The summed E-state index contributed by atoms with van der Waals surface area (Å²) >= 11 is 0.991. The summed E-state index contributed by atoms with van der Waals surface area (Å²) in [5.74, 6) is 1.90. The lowest BCUT2D eigenvalue weighted by Gasteiger charge is -2.13.